The highest BCUT2D eigenvalue weighted by molar-refractivity contribution is 7.99. The topological polar surface area (TPSA) is 51.8 Å². The lowest BCUT2D eigenvalue weighted by atomic mass is 10.3. The lowest BCUT2D eigenvalue weighted by molar-refractivity contribution is 0.836. The fourth-order valence-corrected chi connectivity index (χ4v) is 1.77. The Bertz CT molecular complexity index is 265. The van der Waals surface area contributed by atoms with Crippen molar-refractivity contribution < 1.29 is 0 Å². The van der Waals surface area contributed by atoms with Crippen molar-refractivity contribution in [2.75, 3.05) is 12.5 Å². The summed E-state index contributed by atoms with van der Waals surface area (Å²) in [4.78, 5) is 8.45. The van der Waals surface area contributed by atoms with Crippen LogP contribution in [0.2, 0.25) is 0 Å². The molecule has 0 spiro atoms. The van der Waals surface area contributed by atoms with E-state index in [0.29, 0.717) is 6.54 Å². The van der Waals surface area contributed by atoms with Gasteiger partial charge in [-0.3, -0.25) is 0 Å². The first-order valence-electron chi connectivity index (χ1n) is 3.45. The standard InChI is InChI=1S/C7H11N3S2/c1-11-6-5(3-8)4-9-7(10-6)12-2/h4H,3,8H2,1-2H3. The number of nitrogens with two attached hydrogens (primary N) is 1. The molecule has 0 aliphatic carbocycles. The smallest absolute Gasteiger partial charge is 0.188 e. The van der Waals surface area contributed by atoms with Gasteiger partial charge in [0.05, 0.1) is 0 Å². The van der Waals surface area contributed by atoms with Gasteiger partial charge in [0.25, 0.3) is 0 Å². The Hall–Kier alpha value is -0.260. The third-order valence-corrected chi connectivity index (χ3v) is 2.70. The Balaban J connectivity index is 3.02. The molecule has 0 amide bonds. The lowest BCUT2D eigenvalue weighted by Crippen LogP contribution is -2.01. The van der Waals surface area contributed by atoms with E-state index in [0.717, 1.165) is 15.7 Å². The van der Waals surface area contributed by atoms with Crippen LogP contribution in [0.25, 0.3) is 0 Å². The van der Waals surface area contributed by atoms with Crippen LogP contribution in [-0.4, -0.2) is 22.5 Å². The summed E-state index contributed by atoms with van der Waals surface area (Å²) in [5.74, 6) is 0. The Labute approximate surface area is 80.6 Å². The summed E-state index contributed by atoms with van der Waals surface area (Å²) in [6.45, 7) is 0.505. The van der Waals surface area contributed by atoms with E-state index in [1.54, 1.807) is 29.7 Å². The molecule has 0 bridgehead atoms. The van der Waals surface area contributed by atoms with Crippen molar-refractivity contribution in [1.82, 2.24) is 9.97 Å². The zero-order valence-electron chi connectivity index (χ0n) is 7.07. The average molecular weight is 201 g/mol. The van der Waals surface area contributed by atoms with Crippen LogP contribution < -0.4 is 5.73 Å². The van der Waals surface area contributed by atoms with E-state index in [4.69, 9.17) is 5.73 Å². The molecule has 3 nitrogen and oxygen atoms in total. The minimum atomic E-state index is 0.505. The maximum atomic E-state index is 5.52. The highest BCUT2D eigenvalue weighted by Crippen LogP contribution is 2.19. The number of thioether (sulfide) groups is 2. The van der Waals surface area contributed by atoms with Gasteiger partial charge in [0.2, 0.25) is 0 Å². The predicted octanol–water partition coefficient (Wildman–Crippen LogP) is 1.38. The largest absolute Gasteiger partial charge is 0.326 e. The molecular weight excluding hydrogens is 190 g/mol. The van der Waals surface area contributed by atoms with E-state index in [9.17, 15) is 0 Å². The molecule has 0 unspecified atom stereocenters. The van der Waals surface area contributed by atoms with Gasteiger partial charge in [-0.25, -0.2) is 9.97 Å². The number of hydrogen-bond donors (Lipinski definition) is 1. The van der Waals surface area contributed by atoms with Crippen LogP contribution in [0.4, 0.5) is 0 Å². The van der Waals surface area contributed by atoms with Crippen molar-refractivity contribution in [2.24, 2.45) is 5.73 Å². The fraction of sp³-hybridized carbons (Fsp3) is 0.429. The maximum Gasteiger partial charge on any atom is 0.188 e. The summed E-state index contributed by atoms with van der Waals surface area (Å²) >= 11 is 3.15. The summed E-state index contributed by atoms with van der Waals surface area (Å²) in [6, 6.07) is 0. The Morgan fingerprint density at radius 1 is 1.42 bits per heavy atom. The van der Waals surface area contributed by atoms with E-state index in [1.807, 2.05) is 12.5 Å². The Morgan fingerprint density at radius 2 is 2.17 bits per heavy atom. The zero-order chi connectivity index (χ0) is 8.97. The van der Waals surface area contributed by atoms with Crippen molar-refractivity contribution in [1.29, 1.82) is 0 Å². The van der Waals surface area contributed by atoms with Gasteiger partial charge in [-0.05, 0) is 12.5 Å². The monoisotopic (exact) mass is 201 g/mol. The van der Waals surface area contributed by atoms with E-state index < -0.39 is 0 Å². The quantitative estimate of drug-likeness (QED) is 0.455. The van der Waals surface area contributed by atoms with Crippen LogP contribution in [0.1, 0.15) is 5.56 Å². The molecule has 0 aliphatic rings. The third-order valence-electron chi connectivity index (χ3n) is 1.40. The van der Waals surface area contributed by atoms with E-state index >= 15 is 0 Å². The molecule has 0 aromatic carbocycles. The van der Waals surface area contributed by atoms with Gasteiger partial charge in [0.15, 0.2) is 5.16 Å². The summed E-state index contributed by atoms with van der Waals surface area (Å²) in [6.07, 6.45) is 5.75. The fourth-order valence-electron chi connectivity index (χ4n) is 0.791. The van der Waals surface area contributed by atoms with E-state index in [1.165, 1.54) is 0 Å². The second-order valence-electron chi connectivity index (χ2n) is 2.10. The summed E-state index contributed by atoms with van der Waals surface area (Å²) in [7, 11) is 0. The molecule has 5 heteroatoms. The molecule has 0 aliphatic heterocycles. The first-order chi connectivity index (χ1) is 5.81. The molecule has 66 valence electrons. The van der Waals surface area contributed by atoms with Crippen LogP contribution in [-0.2, 0) is 6.54 Å². The second-order valence-corrected chi connectivity index (χ2v) is 3.66. The van der Waals surface area contributed by atoms with Crippen molar-refractivity contribution >= 4 is 23.5 Å². The van der Waals surface area contributed by atoms with Crippen LogP contribution in [0.5, 0.6) is 0 Å². The van der Waals surface area contributed by atoms with Crippen molar-refractivity contribution in [2.45, 2.75) is 16.7 Å². The number of rotatable bonds is 3. The third kappa shape index (κ3) is 2.12. The molecule has 0 radical (unpaired) electrons. The number of hydrogen-bond acceptors (Lipinski definition) is 5. The number of nitrogens with zero attached hydrogens (tertiary/aromatic N) is 2. The molecule has 1 heterocycles. The van der Waals surface area contributed by atoms with Gasteiger partial charge in [-0.2, -0.15) is 0 Å². The minimum Gasteiger partial charge on any atom is -0.326 e. The van der Waals surface area contributed by atoms with Crippen LogP contribution in [0, 0.1) is 0 Å². The van der Waals surface area contributed by atoms with Gasteiger partial charge < -0.3 is 5.73 Å². The second kappa shape index (κ2) is 4.69. The Kier molecular flexibility index (Phi) is 3.84. The Morgan fingerprint density at radius 3 is 2.67 bits per heavy atom. The normalized spacial score (nSPS) is 10.2. The molecule has 1 rings (SSSR count). The molecule has 0 saturated carbocycles. The summed E-state index contributed by atoms with van der Waals surface area (Å²) < 4.78 is 0. The lowest BCUT2D eigenvalue weighted by Gasteiger charge is -2.03. The van der Waals surface area contributed by atoms with E-state index in [-0.39, 0.29) is 0 Å². The molecule has 1 aromatic rings. The first kappa shape index (κ1) is 9.83. The zero-order valence-corrected chi connectivity index (χ0v) is 8.71. The molecule has 0 saturated heterocycles. The van der Waals surface area contributed by atoms with Gasteiger partial charge in [0.1, 0.15) is 5.03 Å². The van der Waals surface area contributed by atoms with Crippen LogP contribution >= 0.6 is 23.5 Å². The predicted molar refractivity (Wildman–Crippen MR) is 53.5 cm³/mol. The van der Waals surface area contributed by atoms with E-state index in [2.05, 4.69) is 9.97 Å². The van der Waals surface area contributed by atoms with Crippen LogP contribution in [0.3, 0.4) is 0 Å². The van der Waals surface area contributed by atoms with Crippen LogP contribution in [0.15, 0.2) is 16.4 Å². The van der Waals surface area contributed by atoms with Gasteiger partial charge in [-0.15, -0.1) is 11.8 Å². The number of aromatic nitrogens is 2. The van der Waals surface area contributed by atoms with Crippen molar-refractivity contribution in [3.63, 3.8) is 0 Å². The van der Waals surface area contributed by atoms with Gasteiger partial charge >= 0.3 is 0 Å². The average Bonchev–Trinajstić information content (AvgIpc) is 2.16. The highest BCUT2D eigenvalue weighted by Gasteiger charge is 2.03. The van der Waals surface area contributed by atoms with Crippen molar-refractivity contribution in [3.8, 4) is 0 Å². The van der Waals surface area contributed by atoms with Gasteiger partial charge in [0, 0.05) is 18.3 Å². The molecule has 1 aromatic heterocycles. The maximum absolute atomic E-state index is 5.52. The highest BCUT2D eigenvalue weighted by atomic mass is 32.2. The molecule has 0 fully saturated rings. The van der Waals surface area contributed by atoms with Gasteiger partial charge in [-0.1, -0.05) is 11.8 Å². The summed E-state index contributed by atoms with van der Waals surface area (Å²) in [5.41, 5.74) is 6.53. The summed E-state index contributed by atoms with van der Waals surface area (Å²) in [5, 5.41) is 1.79. The molecule has 0 atom stereocenters. The molecule has 2 N–H and O–H groups in total. The molecular formula is C7H11N3S2. The van der Waals surface area contributed by atoms with Crippen molar-refractivity contribution in [3.05, 3.63) is 11.8 Å². The minimum absolute atomic E-state index is 0.505. The molecule has 12 heavy (non-hydrogen) atoms. The first-order valence-corrected chi connectivity index (χ1v) is 5.90. The SMILES string of the molecule is CSc1ncc(CN)c(SC)n1.